The molecular weight excluding hydrogens is 502 g/mol. The third-order valence-corrected chi connectivity index (χ3v) is 9.74. The molecule has 3 saturated carbocycles. The molecule has 3 aliphatic carbocycles. The van der Waals surface area contributed by atoms with Crippen molar-refractivity contribution in [2.24, 2.45) is 16.2 Å². The number of hydrogen-bond donors (Lipinski definition) is 1. The van der Waals surface area contributed by atoms with Crippen molar-refractivity contribution in [2.45, 2.75) is 41.8 Å². The molecule has 3 aliphatic rings. The van der Waals surface area contributed by atoms with Gasteiger partial charge in [0.2, 0.25) is 5.91 Å². The second kappa shape index (κ2) is 6.27. The Balaban J connectivity index is 1.74. The van der Waals surface area contributed by atoms with E-state index in [1.54, 1.807) is 7.11 Å². The van der Waals surface area contributed by atoms with Gasteiger partial charge in [0.25, 0.3) is 0 Å². The molecule has 3 fully saturated rings. The second-order valence-corrected chi connectivity index (χ2v) is 11.3. The van der Waals surface area contributed by atoms with Crippen LogP contribution in [0, 0.1) is 16.2 Å². The van der Waals surface area contributed by atoms with E-state index in [9.17, 15) is 4.79 Å². The number of rotatable bonds is 5. The zero-order valence-electron chi connectivity index (χ0n) is 14.0. The minimum atomic E-state index is -0.348. The fourth-order valence-electron chi connectivity index (χ4n) is 4.78. The number of methoxy groups -OCH3 is 1. The zero-order chi connectivity index (χ0) is 17.8. The number of hydrogen-bond acceptors (Lipinski definition) is 2. The molecule has 24 heavy (non-hydrogen) atoms. The van der Waals surface area contributed by atoms with Crippen molar-refractivity contribution in [3.05, 3.63) is 29.8 Å². The smallest absolute Gasteiger partial charge is 0.228 e. The predicted molar refractivity (Wildman–Crippen MR) is 107 cm³/mol. The summed E-state index contributed by atoms with van der Waals surface area (Å²) in [5, 5.41) is 3.16. The molecule has 2 bridgehead atoms. The minimum absolute atomic E-state index is 0.0600. The van der Waals surface area contributed by atoms with Crippen LogP contribution in [0.15, 0.2) is 24.3 Å². The Morgan fingerprint density at radius 2 is 1.92 bits per heavy atom. The van der Waals surface area contributed by atoms with Gasteiger partial charge in [-0.2, -0.15) is 0 Å². The lowest BCUT2D eigenvalue weighted by atomic mass is 9.43. The van der Waals surface area contributed by atoms with Crippen LogP contribution >= 0.6 is 47.8 Å². The van der Waals surface area contributed by atoms with Crippen LogP contribution in [-0.2, 0) is 11.3 Å². The maximum Gasteiger partial charge on any atom is 0.228 e. The summed E-state index contributed by atoms with van der Waals surface area (Å²) in [6.07, 6.45) is 1.95. The molecule has 0 spiro atoms. The van der Waals surface area contributed by atoms with Crippen molar-refractivity contribution >= 4 is 53.7 Å². The highest BCUT2D eigenvalue weighted by atomic mass is 79.9. The van der Waals surface area contributed by atoms with Gasteiger partial charge in [-0.1, -0.05) is 73.8 Å². The minimum Gasteiger partial charge on any atom is -0.497 e. The van der Waals surface area contributed by atoms with Crippen LogP contribution in [0.4, 0.5) is 0 Å². The lowest BCUT2D eigenvalue weighted by Crippen LogP contribution is -2.72. The Morgan fingerprint density at radius 3 is 2.38 bits per heavy atom. The summed E-state index contributed by atoms with van der Waals surface area (Å²) in [6, 6.07) is 7.81. The van der Waals surface area contributed by atoms with E-state index >= 15 is 0 Å². The molecule has 1 amide bonds. The van der Waals surface area contributed by atoms with E-state index in [-0.39, 0.29) is 30.7 Å². The fraction of sp³-hybridized carbons (Fsp3) is 0.611. The Kier molecular flexibility index (Phi) is 4.89. The van der Waals surface area contributed by atoms with Gasteiger partial charge in [-0.05, 0) is 36.0 Å². The quantitative estimate of drug-likeness (QED) is 0.552. The van der Waals surface area contributed by atoms with Crippen molar-refractivity contribution < 1.29 is 9.53 Å². The van der Waals surface area contributed by atoms with Gasteiger partial charge < -0.3 is 10.1 Å². The lowest BCUT2D eigenvalue weighted by Gasteiger charge is -2.66. The summed E-state index contributed by atoms with van der Waals surface area (Å²) >= 11 is 11.3. The first kappa shape index (κ1) is 18.7. The monoisotopic (exact) mass is 521 g/mol. The third kappa shape index (κ3) is 2.21. The Bertz CT molecular complexity index is 646. The van der Waals surface area contributed by atoms with Gasteiger partial charge in [0, 0.05) is 16.8 Å². The summed E-state index contributed by atoms with van der Waals surface area (Å²) in [5.74, 6) is 0.976. The van der Waals surface area contributed by atoms with E-state index < -0.39 is 0 Å². The van der Waals surface area contributed by atoms with E-state index in [1.165, 1.54) is 0 Å². The molecule has 1 aromatic carbocycles. The van der Waals surface area contributed by atoms with Crippen LogP contribution < -0.4 is 10.1 Å². The number of carbonyl (C=O) groups is 1. The zero-order valence-corrected chi connectivity index (χ0v) is 18.8. The van der Waals surface area contributed by atoms with Gasteiger partial charge in [0.05, 0.1) is 16.3 Å². The van der Waals surface area contributed by atoms with Crippen LogP contribution in [0.3, 0.4) is 0 Å². The molecule has 132 valence electrons. The van der Waals surface area contributed by atoms with Crippen molar-refractivity contribution in [3.63, 3.8) is 0 Å². The molecule has 0 unspecified atom stereocenters. The van der Waals surface area contributed by atoms with Gasteiger partial charge in [0.15, 0.2) is 0 Å². The average Bonchev–Trinajstić information content (AvgIpc) is 3.03. The van der Waals surface area contributed by atoms with E-state index in [1.807, 2.05) is 24.3 Å². The number of ether oxygens (including phenoxy) is 1. The Morgan fingerprint density at radius 1 is 1.29 bits per heavy atom. The topological polar surface area (TPSA) is 38.3 Å². The highest BCUT2D eigenvalue weighted by Crippen LogP contribution is 2.82. The molecule has 4 rings (SSSR count). The van der Waals surface area contributed by atoms with E-state index in [0.29, 0.717) is 6.54 Å². The summed E-state index contributed by atoms with van der Waals surface area (Å²) < 4.78 is 5.37. The number of alkyl halides is 3. The molecule has 0 radical (unpaired) electrons. The molecule has 3 atom stereocenters. The lowest BCUT2D eigenvalue weighted by molar-refractivity contribution is -0.161. The first-order chi connectivity index (χ1) is 11.2. The Labute approximate surface area is 168 Å². The fourth-order valence-corrected chi connectivity index (χ4v) is 9.70. The third-order valence-electron chi connectivity index (χ3n) is 6.50. The van der Waals surface area contributed by atoms with Crippen LogP contribution in [-0.4, -0.2) is 21.6 Å². The van der Waals surface area contributed by atoms with Crippen LogP contribution in [0.5, 0.6) is 5.75 Å². The molecule has 3 nitrogen and oxygen atoms in total. The number of benzene rings is 1. The maximum atomic E-state index is 13.1. The van der Waals surface area contributed by atoms with E-state index in [0.717, 1.165) is 24.2 Å². The first-order valence-electron chi connectivity index (χ1n) is 8.07. The molecule has 1 aromatic rings. The van der Waals surface area contributed by atoms with Gasteiger partial charge in [-0.25, -0.2) is 0 Å². The summed E-state index contributed by atoms with van der Waals surface area (Å²) in [6.45, 7) is 4.99. The molecule has 0 heterocycles. The average molecular weight is 524 g/mol. The second-order valence-electron chi connectivity index (χ2n) is 7.33. The summed E-state index contributed by atoms with van der Waals surface area (Å²) in [7, 11) is 1.65. The van der Waals surface area contributed by atoms with E-state index in [2.05, 4.69) is 67.0 Å². The van der Waals surface area contributed by atoms with Crippen molar-refractivity contribution in [1.82, 2.24) is 5.32 Å². The van der Waals surface area contributed by atoms with Crippen molar-refractivity contribution in [3.8, 4) is 5.75 Å². The standard InChI is InChI=1S/C18H22Br3NO2/c1-16(2)17(14(20)21)8-9-18(16,13(17)19)15(23)22-10-11-4-6-12(24-3)7-5-11/h4-7,13-14H,8-10H2,1-3H3,(H,22,23)/t13-,17-,18-/m1/s1. The van der Waals surface area contributed by atoms with Gasteiger partial charge >= 0.3 is 0 Å². The molecule has 0 saturated heterocycles. The maximum absolute atomic E-state index is 13.1. The van der Waals surface area contributed by atoms with Gasteiger partial charge in [-0.3, -0.25) is 4.79 Å². The SMILES string of the molecule is COc1ccc(CNC(=O)[C@@]23CC[C@](C(Br)Br)([C@H]2Br)C3(C)C)cc1. The number of amides is 1. The largest absolute Gasteiger partial charge is 0.497 e. The number of halogens is 3. The van der Waals surface area contributed by atoms with Crippen LogP contribution in [0.2, 0.25) is 0 Å². The molecule has 0 aliphatic heterocycles. The van der Waals surface area contributed by atoms with Gasteiger partial charge in [0.1, 0.15) is 5.75 Å². The van der Waals surface area contributed by atoms with Crippen LogP contribution in [0.25, 0.3) is 0 Å². The summed E-state index contributed by atoms with van der Waals surface area (Å²) in [5.41, 5.74) is 0.714. The highest BCUT2D eigenvalue weighted by Gasteiger charge is 2.83. The predicted octanol–water partition coefficient (Wildman–Crippen LogP) is 5.00. The molecule has 1 N–H and O–H groups in total. The normalized spacial score (nSPS) is 33.2. The molecule has 0 aromatic heterocycles. The van der Waals surface area contributed by atoms with Crippen molar-refractivity contribution in [2.75, 3.05) is 7.11 Å². The summed E-state index contributed by atoms with van der Waals surface area (Å²) in [4.78, 5) is 13.3. The van der Waals surface area contributed by atoms with Crippen molar-refractivity contribution in [1.29, 1.82) is 0 Å². The van der Waals surface area contributed by atoms with Gasteiger partial charge in [-0.15, -0.1) is 0 Å². The first-order valence-corrected chi connectivity index (χ1v) is 10.8. The Hall–Kier alpha value is -0.0700. The molecular formula is C18H22Br3NO2. The molecule has 6 heteroatoms. The number of fused-ring (bicyclic) bond motifs is 1. The highest BCUT2D eigenvalue weighted by molar-refractivity contribution is 9.24. The van der Waals surface area contributed by atoms with E-state index in [4.69, 9.17) is 4.74 Å². The van der Waals surface area contributed by atoms with Crippen LogP contribution in [0.1, 0.15) is 32.3 Å². The number of carbonyl (C=O) groups excluding carboxylic acids is 1. The number of nitrogens with one attached hydrogen (secondary N) is 1.